The maximum Gasteiger partial charge on any atom is 0.394 e. The lowest BCUT2D eigenvalue weighted by Gasteiger charge is -2.34. The van der Waals surface area contributed by atoms with Crippen LogP contribution in [0.5, 0.6) is 0 Å². The number of nitrogens with zero attached hydrogens (tertiary/aromatic N) is 1. The third kappa shape index (κ3) is 5.00. The summed E-state index contributed by atoms with van der Waals surface area (Å²) >= 11 is 0. The van der Waals surface area contributed by atoms with E-state index in [2.05, 4.69) is 10.6 Å². The molecule has 192 valence electrons. The molecule has 8 nitrogen and oxygen atoms in total. The fourth-order valence-electron chi connectivity index (χ4n) is 5.01. The molecule has 1 aliphatic heterocycles. The van der Waals surface area contributed by atoms with Crippen molar-refractivity contribution in [3.05, 3.63) is 59.4 Å². The van der Waals surface area contributed by atoms with Crippen LogP contribution in [0.2, 0.25) is 0 Å². The van der Waals surface area contributed by atoms with E-state index in [4.69, 9.17) is 0 Å². The van der Waals surface area contributed by atoms with Crippen LogP contribution >= 0.6 is 0 Å². The van der Waals surface area contributed by atoms with Crippen molar-refractivity contribution in [3.63, 3.8) is 0 Å². The topological polar surface area (TPSA) is 118 Å². The molecule has 0 radical (unpaired) electrons. The molecule has 0 bridgehead atoms. The van der Waals surface area contributed by atoms with Crippen LogP contribution in [0.3, 0.4) is 0 Å². The van der Waals surface area contributed by atoms with Crippen molar-refractivity contribution in [3.8, 4) is 0 Å². The number of hydrogen-bond donors (Lipinski definition) is 3. The number of benzene rings is 1. The summed E-state index contributed by atoms with van der Waals surface area (Å²) in [5.74, 6) is -7.42. The molecule has 2 heterocycles. The SMILES string of the molecule is CC(C(NC(=O)c1ccccc1)C(=O)N[C@H]1CCc2ccn3c2C1C(=O)C[C@H](C(=O)O)C3)C(F)(F)F. The Morgan fingerprint density at radius 2 is 1.83 bits per heavy atom. The van der Waals surface area contributed by atoms with E-state index in [-0.39, 0.29) is 30.7 Å². The Morgan fingerprint density at radius 1 is 1.14 bits per heavy atom. The van der Waals surface area contributed by atoms with Crippen LogP contribution in [0.15, 0.2) is 42.6 Å². The summed E-state index contributed by atoms with van der Waals surface area (Å²) in [6.07, 6.45) is -2.57. The number of aromatic nitrogens is 1. The Kier molecular flexibility index (Phi) is 6.92. The average molecular weight is 505 g/mol. The summed E-state index contributed by atoms with van der Waals surface area (Å²) in [5, 5.41) is 14.3. The molecule has 2 aromatic rings. The number of hydrogen-bond acceptors (Lipinski definition) is 4. The van der Waals surface area contributed by atoms with Gasteiger partial charge in [-0.05, 0) is 36.6 Å². The van der Waals surface area contributed by atoms with Crippen molar-refractivity contribution >= 4 is 23.6 Å². The minimum atomic E-state index is -4.77. The van der Waals surface area contributed by atoms with Crippen molar-refractivity contribution in [2.75, 3.05) is 0 Å². The number of alkyl halides is 3. The first kappa shape index (κ1) is 25.5. The highest BCUT2D eigenvalue weighted by atomic mass is 19.4. The van der Waals surface area contributed by atoms with E-state index in [1.165, 1.54) is 12.1 Å². The van der Waals surface area contributed by atoms with Gasteiger partial charge in [-0.2, -0.15) is 13.2 Å². The van der Waals surface area contributed by atoms with E-state index in [0.29, 0.717) is 12.1 Å². The van der Waals surface area contributed by atoms with Gasteiger partial charge in [-0.3, -0.25) is 19.2 Å². The number of aliphatic carboxylic acids is 1. The number of carbonyl (C=O) groups excluding carboxylic acids is 3. The predicted octanol–water partition coefficient (Wildman–Crippen LogP) is 2.67. The van der Waals surface area contributed by atoms with Crippen LogP contribution in [-0.2, 0) is 27.3 Å². The van der Waals surface area contributed by atoms with Gasteiger partial charge in [0.05, 0.1) is 17.8 Å². The second-order valence-electron chi connectivity index (χ2n) is 9.36. The summed E-state index contributed by atoms with van der Waals surface area (Å²) in [6.45, 7) is 0.905. The number of carbonyl (C=O) groups is 4. The van der Waals surface area contributed by atoms with Crippen molar-refractivity contribution in [2.45, 2.75) is 56.9 Å². The van der Waals surface area contributed by atoms with Crippen molar-refractivity contribution in [1.82, 2.24) is 15.2 Å². The average Bonchev–Trinajstić information content (AvgIpc) is 3.16. The maximum absolute atomic E-state index is 13.6. The lowest BCUT2D eigenvalue weighted by Crippen LogP contribution is -2.57. The van der Waals surface area contributed by atoms with Gasteiger partial charge in [0, 0.05) is 36.5 Å². The lowest BCUT2D eigenvalue weighted by molar-refractivity contribution is -0.180. The molecule has 2 amide bonds. The molecule has 5 atom stereocenters. The van der Waals surface area contributed by atoms with Crippen LogP contribution < -0.4 is 10.6 Å². The third-order valence-electron chi connectivity index (χ3n) is 7.03. The van der Waals surface area contributed by atoms with E-state index in [1.54, 1.807) is 35.0 Å². The quantitative estimate of drug-likeness (QED) is 0.558. The standard InChI is InChI=1S/C25H26F3N3O5/c1-13(25(26,27)28)20(30-22(33)15-5-3-2-4-6-15)23(34)29-17-8-7-14-9-10-31-12-16(24(35)36)11-18(32)19(17)21(14)31/h2-6,9-10,13,16-17,19-20H,7-8,11-12H2,1H3,(H,29,34)(H,30,33)(H,35,36)/t13?,16-,17-,19?,20?/m0/s1. The molecule has 1 aliphatic carbocycles. The van der Waals surface area contributed by atoms with Gasteiger partial charge < -0.3 is 20.3 Å². The normalized spacial score (nSPS) is 23.1. The number of halogens is 3. The van der Waals surface area contributed by atoms with Gasteiger partial charge in [-0.15, -0.1) is 0 Å². The van der Waals surface area contributed by atoms with E-state index in [0.717, 1.165) is 12.5 Å². The van der Waals surface area contributed by atoms with Gasteiger partial charge in [-0.1, -0.05) is 25.1 Å². The Hall–Kier alpha value is -3.63. The molecule has 3 N–H and O–H groups in total. The third-order valence-corrected chi connectivity index (χ3v) is 7.03. The highest BCUT2D eigenvalue weighted by Gasteiger charge is 2.47. The van der Waals surface area contributed by atoms with Crippen LogP contribution in [0.25, 0.3) is 0 Å². The highest BCUT2D eigenvalue weighted by molar-refractivity contribution is 5.98. The number of nitrogens with one attached hydrogen (secondary N) is 2. The zero-order valence-electron chi connectivity index (χ0n) is 19.4. The van der Waals surface area contributed by atoms with Crippen LogP contribution in [-0.4, -0.2) is 51.5 Å². The summed E-state index contributed by atoms with van der Waals surface area (Å²) in [6, 6.07) is 6.61. The molecule has 1 aromatic carbocycles. The molecule has 1 aromatic heterocycles. The largest absolute Gasteiger partial charge is 0.481 e. The Balaban J connectivity index is 1.60. The molecule has 36 heavy (non-hydrogen) atoms. The molecule has 11 heteroatoms. The molecular formula is C25H26F3N3O5. The van der Waals surface area contributed by atoms with Crippen LogP contribution in [0.1, 0.15) is 47.3 Å². The van der Waals surface area contributed by atoms with Gasteiger partial charge in [0.15, 0.2) is 0 Å². The monoisotopic (exact) mass is 505 g/mol. The van der Waals surface area contributed by atoms with Gasteiger partial charge in [0.25, 0.3) is 5.91 Å². The van der Waals surface area contributed by atoms with Gasteiger partial charge in [0.1, 0.15) is 11.8 Å². The number of carboxylic acids is 1. The zero-order valence-corrected chi connectivity index (χ0v) is 19.4. The highest BCUT2D eigenvalue weighted by Crippen LogP contribution is 2.38. The van der Waals surface area contributed by atoms with Crippen molar-refractivity contribution < 1.29 is 37.5 Å². The second-order valence-corrected chi connectivity index (χ2v) is 9.36. The molecule has 0 saturated heterocycles. The number of rotatable bonds is 6. The number of aryl methyl sites for hydroxylation is 1. The number of amides is 2. The van der Waals surface area contributed by atoms with Crippen LogP contribution in [0, 0.1) is 11.8 Å². The Morgan fingerprint density at radius 3 is 2.47 bits per heavy atom. The number of ketones is 1. The number of carboxylic acid groups (broad SMARTS) is 1. The second kappa shape index (κ2) is 9.79. The van der Waals surface area contributed by atoms with Gasteiger partial charge in [0.2, 0.25) is 5.91 Å². The smallest absolute Gasteiger partial charge is 0.394 e. The minimum Gasteiger partial charge on any atom is -0.481 e. The molecule has 2 aliphatic rings. The fraction of sp³-hybridized carbons (Fsp3) is 0.440. The molecule has 4 rings (SSSR count). The van der Waals surface area contributed by atoms with Gasteiger partial charge in [-0.25, -0.2) is 0 Å². The van der Waals surface area contributed by atoms with Gasteiger partial charge >= 0.3 is 12.1 Å². The van der Waals surface area contributed by atoms with E-state index in [9.17, 15) is 37.5 Å². The molecular weight excluding hydrogens is 479 g/mol. The van der Waals surface area contributed by atoms with Crippen molar-refractivity contribution in [1.29, 1.82) is 0 Å². The maximum atomic E-state index is 13.6. The summed E-state index contributed by atoms with van der Waals surface area (Å²) in [4.78, 5) is 50.6. The first-order valence-corrected chi connectivity index (χ1v) is 11.6. The van der Waals surface area contributed by atoms with E-state index in [1.807, 2.05) is 0 Å². The van der Waals surface area contributed by atoms with Crippen LogP contribution in [0.4, 0.5) is 13.2 Å². The Labute approximate surface area is 204 Å². The Bertz CT molecular complexity index is 1180. The summed E-state index contributed by atoms with van der Waals surface area (Å²) in [7, 11) is 0. The molecule has 0 fully saturated rings. The first-order valence-electron chi connectivity index (χ1n) is 11.6. The van der Waals surface area contributed by atoms with E-state index >= 15 is 0 Å². The molecule has 3 unspecified atom stereocenters. The number of Topliss-reactive ketones (excluding diaryl/α,β-unsaturated/α-hetero) is 1. The predicted molar refractivity (Wildman–Crippen MR) is 121 cm³/mol. The fourth-order valence-corrected chi connectivity index (χ4v) is 5.01. The zero-order chi connectivity index (χ0) is 26.2. The first-order chi connectivity index (χ1) is 17.0. The summed E-state index contributed by atoms with van der Waals surface area (Å²) < 4.78 is 42.6. The summed E-state index contributed by atoms with van der Waals surface area (Å²) in [5.41, 5.74) is 1.54. The molecule has 0 saturated carbocycles. The van der Waals surface area contributed by atoms with E-state index < -0.39 is 53.8 Å². The molecule has 0 spiro atoms. The lowest BCUT2D eigenvalue weighted by atomic mass is 9.79. The minimum absolute atomic E-state index is 0.0917. The van der Waals surface area contributed by atoms with Crippen molar-refractivity contribution in [2.24, 2.45) is 11.8 Å².